The van der Waals surface area contributed by atoms with Crippen LogP contribution in [0.3, 0.4) is 0 Å². The molecule has 0 aliphatic rings. The molecule has 9 heteroatoms. The molecule has 0 aromatic heterocycles. The first-order chi connectivity index (χ1) is 39.8. The fourth-order valence-corrected chi connectivity index (χ4v) is 11.6. The van der Waals surface area contributed by atoms with E-state index < -0.39 is 55.5 Å². The highest BCUT2D eigenvalue weighted by Gasteiger charge is 2.39. The van der Waals surface area contributed by atoms with E-state index in [1.807, 2.05) is 0 Å². The number of ether oxygens (including phenoxy) is 3. The lowest BCUT2D eigenvalue weighted by atomic mass is 10.0. The fourth-order valence-electron chi connectivity index (χ4n) is 11.6. The van der Waals surface area contributed by atoms with Crippen LogP contribution in [-0.2, 0) is 28.6 Å². The third kappa shape index (κ3) is 58.5. The van der Waals surface area contributed by atoms with Crippen molar-refractivity contribution in [3.05, 3.63) is 0 Å². The Hall–Kier alpha value is -1.71. The summed E-state index contributed by atoms with van der Waals surface area (Å²) in [5.41, 5.74) is 0. The standard InChI is InChI=1S/C72H140O9/c1-4-7-10-13-16-19-22-25-28-31-34-37-40-43-46-49-52-55-58-61-68(75)79-65-67(80-69(76)62-59-56-53-50-47-44-41-38-35-32-29-26-23-20-17-14-11-8-5-2)72(71(78)66(74)64-73)81-70(77)63-60-57-54-51-48-45-42-39-36-33-30-27-24-21-18-15-12-9-6-3/h66-67,71-74,78H,4-65H2,1-3H3/t66-,67+,71-,72-/m1/s1. The van der Waals surface area contributed by atoms with Crippen molar-refractivity contribution in [3.63, 3.8) is 0 Å². The molecule has 0 aliphatic carbocycles. The molecule has 0 saturated carbocycles. The molecule has 0 fully saturated rings. The summed E-state index contributed by atoms with van der Waals surface area (Å²) < 4.78 is 17.3. The fraction of sp³-hybridized carbons (Fsp3) is 0.958. The Morgan fingerprint density at radius 2 is 0.481 bits per heavy atom. The zero-order valence-corrected chi connectivity index (χ0v) is 54.4. The Labute approximate surface area is 503 Å². The minimum atomic E-state index is -1.75. The molecular formula is C72H140O9. The molecule has 0 heterocycles. The maximum atomic E-state index is 13.4. The van der Waals surface area contributed by atoms with Crippen molar-refractivity contribution in [1.82, 2.24) is 0 Å². The van der Waals surface area contributed by atoms with E-state index in [1.54, 1.807) is 0 Å². The molecule has 0 radical (unpaired) electrons. The molecule has 0 amide bonds. The highest BCUT2D eigenvalue weighted by Crippen LogP contribution is 2.22. The van der Waals surface area contributed by atoms with Crippen LogP contribution in [0.2, 0.25) is 0 Å². The Balaban J connectivity index is 4.83. The summed E-state index contributed by atoms with van der Waals surface area (Å²) in [7, 11) is 0. The van der Waals surface area contributed by atoms with Crippen LogP contribution in [0.4, 0.5) is 0 Å². The molecule has 0 rings (SSSR count). The molecule has 0 aliphatic heterocycles. The van der Waals surface area contributed by atoms with E-state index in [1.165, 1.54) is 289 Å². The molecule has 0 aromatic rings. The van der Waals surface area contributed by atoms with Crippen LogP contribution >= 0.6 is 0 Å². The van der Waals surface area contributed by atoms with E-state index >= 15 is 0 Å². The van der Waals surface area contributed by atoms with Crippen LogP contribution in [0.5, 0.6) is 0 Å². The third-order valence-corrected chi connectivity index (χ3v) is 17.2. The van der Waals surface area contributed by atoms with Gasteiger partial charge >= 0.3 is 17.9 Å². The molecule has 0 spiro atoms. The van der Waals surface area contributed by atoms with Crippen LogP contribution in [0.15, 0.2) is 0 Å². The minimum absolute atomic E-state index is 0.108. The Kier molecular flexibility index (Phi) is 64.4. The van der Waals surface area contributed by atoms with Crippen LogP contribution in [0, 0.1) is 0 Å². The van der Waals surface area contributed by atoms with E-state index in [-0.39, 0.29) is 19.3 Å². The first-order valence-corrected chi connectivity index (χ1v) is 36.3. The van der Waals surface area contributed by atoms with Gasteiger partial charge in [0.2, 0.25) is 0 Å². The monoisotopic (exact) mass is 1150 g/mol. The van der Waals surface area contributed by atoms with Crippen molar-refractivity contribution in [2.24, 2.45) is 0 Å². The number of rotatable bonds is 68. The average molecular weight is 1150 g/mol. The van der Waals surface area contributed by atoms with E-state index in [2.05, 4.69) is 20.8 Å². The summed E-state index contributed by atoms with van der Waals surface area (Å²) in [5, 5.41) is 31.6. The highest BCUT2D eigenvalue weighted by atomic mass is 16.6. The van der Waals surface area contributed by atoms with E-state index in [9.17, 15) is 29.7 Å². The zero-order chi connectivity index (χ0) is 59.0. The van der Waals surface area contributed by atoms with Crippen molar-refractivity contribution in [1.29, 1.82) is 0 Å². The largest absolute Gasteiger partial charge is 0.462 e. The Bertz CT molecular complexity index is 1280. The SMILES string of the molecule is CCCCCCCCCCCCCCCCCCCCCC(=O)OC[C@H](OC(=O)CCCCCCCCCCCCCCCCCCCCC)[C@@H](OC(=O)CCCCCCCCCCCCCCCCCCCCC)[C@H](O)[C@H](O)CO. The average Bonchev–Trinajstić information content (AvgIpc) is 3.46. The molecular weight excluding hydrogens is 1010 g/mol. The smallest absolute Gasteiger partial charge is 0.306 e. The number of aliphatic hydroxyl groups excluding tert-OH is 3. The van der Waals surface area contributed by atoms with Gasteiger partial charge in [-0.05, 0) is 19.3 Å². The van der Waals surface area contributed by atoms with Gasteiger partial charge in [-0.1, -0.05) is 367 Å². The molecule has 482 valence electrons. The quantitative estimate of drug-likeness (QED) is 0.0308. The van der Waals surface area contributed by atoms with Gasteiger partial charge in [0.15, 0.2) is 12.2 Å². The molecule has 0 aromatic carbocycles. The zero-order valence-electron chi connectivity index (χ0n) is 54.4. The summed E-state index contributed by atoms with van der Waals surface area (Å²) in [6.07, 6.45) is 66.1. The van der Waals surface area contributed by atoms with Gasteiger partial charge in [-0.15, -0.1) is 0 Å². The first-order valence-electron chi connectivity index (χ1n) is 36.3. The number of hydrogen-bond acceptors (Lipinski definition) is 9. The maximum Gasteiger partial charge on any atom is 0.306 e. The second-order valence-electron chi connectivity index (χ2n) is 25.2. The van der Waals surface area contributed by atoms with Crippen molar-refractivity contribution < 1.29 is 43.9 Å². The van der Waals surface area contributed by atoms with Gasteiger partial charge in [0.05, 0.1) is 6.61 Å². The lowest BCUT2D eigenvalue weighted by Gasteiger charge is -2.31. The molecule has 81 heavy (non-hydrogen) atoms. The second-order valence-corrected chi connectivity index (χ2v) is 25.2. The van der Waals surface area contributed by atoms with Gasteiger partial charge in [-0.25, -0.2) is 0 Å². The predicted octanol–water partition coefficient (Wildman–Crippen LogP) is 21.5. The third-order valence-electron chi connectivity index (χ3n) is 17.2. The van der Waals surface area contributed by atoms with E-state index in [0.717, 1.165) is 57.8 Å². The second kappa shape index (κ2) is 65.8. The van der Waals surface area contributed by atoms with Crippen molar-refractivity contribution in [2.75, 3.05) is 13.2 Å². The maximum absolute atomic E-state index is 13.4. The highest BCUT2D eigenvalue weighted by molar-refractivity contribution is 5.71. The normalized spacial score (nSPS) is 13.1. The lowest BCUT2D eigenvalue weighted by Crippen LogP contribution is -2.51. The van der Waals surface area contributed by atoms with Crippen LogP contribution in [-0.4, -0.2) is 70.9 Å². The topological polar surface area (TPSA) is 140 Å². The van der Waals surface area contributed by atoms with Crippen molar-refractivity contribution in [2.45, 2.75) is 430 Å². The minimum Gasteiger partial charge on any atom is -0.462 e. The van der Waals surface area contributed by atoms with Gasteiger partial charge < -0.3 is 29.5 Å². The van der Waals surface area contributed by atoms with Gasteiger partial charge in [-0.2, -0.15) is 0 Å². The van der Waals surface area contributed by atoms with Crippen LogP contribution in [0.1, 0.15) is 406 Å². The van der Waals surface area contributed by atoms with Crippen LogP contribution in [0.25, 0.3) is 0 Å². The summed E-state index contributed by atoms with van der Waals surface area (Å²) >= 11 is 0. The lowest BCUT2D eigenvalue weighted by molar-refractivity contribution is -0.193. The van der Waals surface area contributed by atoms with Gasteiger partial charge in [0.1, 0.15) is 18.8 Å². The molecule has 0 bridgehead atoms. The number of unbranched alkanes of at least 4 members (excludes halogenated alkanes) is 54. The Morgan fingerprint density at radius 1 is 0.284 bits per heavy atom. The number of hydrogen-bond donors (Lipinski definition) is 3. The van der Waals surface area contributed by atoms with Gasteiger partial charge in [0.25, 0.3) is 0 Å². The summed E-state index contributed by atoms with van der Waals surface area (Å²) in [6, 6.07) is 0. The first kappa shape index (κ1) is 79.3. The van der Waals surface area contributed by atoms with Gasteiger partial charge in [0, 0.05) is 19.3 Å². The molecule has 4 atom stereocenters. The molecule has 0 unspecified atom stereocenters. The summed E-state index contributed by atoms with van der Waals surface area (Å²) in [6.45, 7) is 5.63. The Morgan fingerprint density at radius 3 is 0.704 bits per heavy atom. The van der Waals surface area contributed by atoms with E-state index in [4.69, 9.17) is 14.2 Å². The molecule has 9 nitrogen and oxygen atoms in total. The summed E-state index contributed by atoms with van der Waals surface area (Å²) in [4.78, 5) is 39.7. The molecule has 0 saturated heterocycles. The number of aliphatic hydroxyl groups is 3. The van der Waals surface area contributed by atoms with Crippen molar-refractivity contribution >= 4 is 17.9 Å². The van der Waals surface area contributed by atoms with E-state index in [0.29, 0.717) is 19.3 Å². The number of esters is 3. The molecule has 3 N–H and O–H groups in total. The van der Waals surface area contributed by atoms with Gasteiger partial charge in [-0.3, -0.25) is 14.4 Å². The summed E-state index contributed by atoms with van der Waals surface area (Å²) in [5.74, 6) is -1.57. The number of carbonyl (C=O) groups is 3. The predicted molar refractivity (Wildman–Crippen MR) is 344 cm³/mol. The number of carbonyl (C=O) groups excluding carboxylic acids is 3. The van der Waals surface area contributed by atoms with Crippen LogP contribution < -0.4 is 0 Å². The van der Waals surface area contributed by atoms with Crippen molar-refractivity contribution in [3.8, 4) is 0 Å².